The van der Waals surface area contributed by atoms with Gasteiger partial charge in [-0.1, -0.05) is 12.1 Å². The summed E-state index contributed by atoms with van der Waals surface area (Å²) in [7, 11) is 0. The van der Waals surface area contributed by atoms with Crippen LogP contribution in [0.15, 0.2) is 24.3 Å². The highest BCUT2D eigenvalue weighted by molar-refractivity contribution is 7.16. The first-order valence-electron chi connectivity index (χ1n) is 8.56. The molecule has 2 heterocycles. The fourth-order valence-corrected chi connectivity index (χ4v) is 4.60. The Morgan fingerprint density at radius 2 is 2.15 bits per heavy atom. The van der Waals surface area contributed by atoms with Crippen molar-refractivity contribution in [3.05, 3.63) is 40.3 Å². The lowest BCUT2D eigenvalue weighted by molar-refractivity contribution is -0.128. The van der Waals surface area contributed by atoms with E-state index in [1.807, 2.05) is 6.07 Å². The molecule has 0 saturated carbocycles. The molecule has 132 valence electrons. The number of thiophene rings is 1. The highest BCUT2D eigenvalue weighted by Gasteiger charge is 2.30. The van der Waals surface area contributed by atoms with E-state index in [-0.39, 0.29) is 18.2 Å². The first kappa shape index (κ1) is 16.6. The molecule has 0 radical (unpaired) electrons. The molecule has 1 atom stereocenters. The summed E-state index contributed by atoms with van der Waals surface area (Å²) in [5.41, 5.74) is 2.24. The van der Waals surface area contributed by atoms with E-state index in [1.165, 1.54) is 16.2 Å². The third-order valence-electron chi connectivity index (χ3n) is 4.61. The van der Waals surface area contributed by atoms with Crippen molar-refractivity contribution in [3.8, 4) is 11.8 Å². The first-order chi connectivity index (χ1) is 12.7. The van der Waals surface area contributed by atoms with E-state index in [0.29, 0.717) is 22.0 Å². The lowest BCUT2D eigenvalue weighted by atomic mass is 9.96. The molecular weight excluding hydrogens is 350 g/mol. The molecule has 1 aliphatic carbocycles. The minimum Gasteiger partial charge on any atom is -0.478 e. The monoisotopic (exact) mass is 367 g/mol. The summed E-state index contributed by atoms with van der Waals surface area (Å²) in [5.74, 6) is -0.126. The number of nitrogens with one attached hydrogen (secondary N) is 2. The average Bonchev–Trinajstić information content (AvgIpc) is 2.99. The van der Waals surface area contributed by atoms with Crippen molar-refractivity contribution in [2.24, 2.45) is 0 Å². The van der Waals surface area contributed by atoms with Crippen LogP contribution in [-0.2, 0) is 22.4 Å². The van der Waals surface area contributed by atoms with Crippen LogP contribution in [0.4, 0.5) is 10.7 Å². The molecule has 2 aliphatic rings. The van der Waals surface area contributed by atoms with Crippen LogP contribution in [-0.4, -0.2) is 17.9 Å². The van der Waals surface area contributed by atoms with Crippen LogP contribution in [0, 0.1) is 11.3 Å². The van der Waals surface area contributed by atoms with Gasteiger partial charge in [0.05, 0.1) is 17.7 Å². The van der Waals surface area contributed by atoms with Gasteiger partial charge in [-0.25, -0.2) is 0 Å². The van der Waals surface area contributed by atoms with E-state index in [4.69, 9.17) is 4.74 Å². The Kier molecular flexibility index (Phi) is 4.35. The van der Waals surface area contributed by atoms with Crippen molar-refractivity contribution in [2.75, 3.05) is 10.6 Å². The Bertz CT molecular complexity index is 929. The zero-order valence-electron chi connectivity index (χ0n) is 14.0. The number of benzene rings is 1. The van der Waals surface area contributed by atoms with Gasteiger partial charge in [0, 0.05) is 4.88 Å². The number of hydrogen-bond donors (Lipinski definition) is 2. The Labute approximate surface area is 154 Å². The maximum Gasteiger partial charge on any atom is 0.266 e. The molecule has 7 heteroatoms. The molecule has 26 heavy (non-hydrogen) atoms. The smallest absolute Gasteiger partial charge is 0.266 e. The summed E-state index contributed by atoms with van der Waals surface area (Å²) in [6.07, 6.45) is 3.03. The second kappa shape index (κ2) is 6.81. The standard InChI is InChI=1S/C19H17N3O3S/c20-10-12-11-5-1-4-8-16(11)26-19(12)22-17(23)9-15-18(24)21-13-6-2-3-7-14(13)25-15/h2-3,6-7,15H,1,4-5,8-9H2,(H,21,24)(H,22,23). The minimum atomic E-state index is -0.884. The number of fused-ring (bicyclic) bond motifs is 2. The molecule has 0 spiro atoms. The van der Waals surface area contributed by atoms with E-state index < -0.39 is 6.10 Å². The molecule has 2 amide bonds. The quantitative estimate of drug-likeness (QED) is 0.871. The highest BCUT2D eigenvalue weighted by Crippen LogP contribution is 2.38. The Morgan fingerprint density at radius 1 is 1.35 bits per heavy atom. The number of para-hydroxylation sites is 2. The number of nitrogens with zero attached hydrogens (tertiary/aromatic N) is 1. The van der Waals surface area contributed by atoms with Crippen molar-refractivity contribution in [1.82, 2.24) is 0 Å². The average molecular weight is 367 g/mol. The minimum absolute atomic E-state index is 0.104. The van der Waals surface area contributed by atoms with Gasteiger partial charge >= 0.3 is 0 Å². The predicted molar refractivity (Wildman–Crippen MR) is 98.4 cm³/mol. The van der Waals surface area contributed by atoms with Crippen molar-refractivity contribution < 1.29 is 14.3 Å². The van der Waals surface area contributed by atoms with Crippen LogP contribution >= 0.6 is 11.3 Å². The number of aryl methyl sites for hydroxylation is 1. The fraction of sp³-hybridized carbons (Fsp3) is 0.316. The number of anilines is 2. The lowest BCUT2D eigenvalue weighted by Crippen LogP contribution is -2.39. The normalized spacial score (nSPS) is 18.0. The molecule has 1 aliphatic heterocycles. The van der Waals surface area contributed by atoms with Crippen LogP contribution < -0.4 is 15.4 Å². The van der Waals surface area contributed by atoms with Crippen LogP contribution in [0.5, 0.6) is 5.75 Å². The van der Waals surface area contributed by atoms with Crippen LogP contribution in [0.25, 0.3) is 0 Å². The van der Waals surface area contributed by atoms with Crippen LogP contribution in [0.1, 0.15) is 35.3 Å². The van der Waals surface area contributed by atoms with Crippen LogP contribution in [0.3, 0.4) is 0 Å². The number of nitriles is 1. The van der Waals surface area contributed by atoms with Crippen LogP contribution in [0.2, 0.25) is 0 Å². The second-order valence-corrected chi connectivity index (χ2v) is 7.48. The molecule has 1 aromatic carbocycles. The molecule has 0 saturated heterocycles. The van der Waals surface area contributed by atoms with Gasteiger partial charge in [-0.05, 0) is 43.4 Å². The number of rotatable bonds is 3. The summed E-state index contributed by atoms with van der Waals surface area (Å²) in [6, 6.07) is 9.33. The SMILES string of the molecule is N#Cc1c(NC(=O)CC2Oc3ccccc3NC2=O)sc2c1CCCC2. The fourth-order valence-electron chi connectivity index (χ4n) is 3.35. The third kappa shape index (κ3) is 3.04. The second-order valence-electron chi connectivity index (χ2n) is 6.37. The number of carbonyl (C=O) groups excluding carboxylic acids is 2. The van der Waals surface area contributed by atoms with Gasteiger partial charge in [0.25, 0.3) is 5.91 Å². The molecule has 0 fully saturated rings. The number of carbonyl (C=O) groups is 2. The van der Waals surface area contributed by atoms with Crippen molar-refractivity contribution in [1.29, 1.82) is 5.26 Å². The maximum absolute atomic E-state index is 12.4. The topological polar surface area (TPSA) is 91.2 Å². The third-order valence-corrected chi connectivity index (χ3v) is 5.82. The molecule has 1 unspecified atom stereocenters. The summed E-state index contributed by atoms with van der Waals surface area (Å²) in [6.45, 7) is 0. The van der Waals surface area contributed by atoms with Crippen molar-refractivity contribution in [2.45, 2.75) is 38.2 Å². The number of ether oxygens (including phenoxy) is 1. The predicted octanol–water partition coefficient (Wildman–Crippen LogP) is 3.23. The van der Waals surface area contributed by atoms with Gasteiger partial charge < -0.3 is 15.4 Å². The van der Waals surface area contributed by atoms with E-state index in [9.17, 15) is 14.9 Å². The van der Waals surface area contributed by atoms with Gasteiger partial charge in [0.1, 0.15) is 16.8 Å². The van der Waals surface area contributed by atoms with Gasteiger partial charge in [-0.3, -0.25) is 9.59 Å². The Balaban J connectivity index is 1.48. The molecule has 6 nitrogen and oxygen atoms in total. The van der Waals surface area contributed by atoms with Crippen molar-refractivity contribution in [3.63, 3.8) is 0 Å². The van der Waals surface area contributed by atoms with E-state index in [0.717, 1.165) is 31.2 Å². The lowest BCUT2D eigenvalue weighted by Gasteiger charge is -2.25. The molecule has 1 aromatic heterocycles. The van der Waals surface area contributed by atoms with Gasteiger partial charge in [0.2, 0.25) is 5.91 Å². The van der Waals surface area contributed by atoms with E-state index in [1.54, 1.807) is 18.2 Å². The summed E-state index contributed by atoms with van der Waals surface area (Å²) < 4.78 is 5.66. The maximum atomic E-state index is 12.4. The first-order valence-corrected chi connectivity index (χ1v) is 9.38. The zero-order valence-corrected chi connectivity index (χ0v) is 14.8. The Morgan fingerprint density at radius 3 is 3.00 bits per heavy atom. The van der Waals surface area contributed by atoms with E-state index in [2.05, 4.69) is 16.7 Å². The number of amides is 2. The van der Waals surface area contributed by atoms with E-state index >= 15 is 0 Å². The molecule has 4 rings (SSSR count). The molecule has 2 N–H and O–H groups in total. The summed E-state index contributed by atoms with van der Waals surface area (Å²) in [4.78, 5) is 25.8. The zero-order chi connectivity index (χ0) is 18.1. The van der Waals surface area contributed by atoms with Crippen molar-refractivity contribution >= 4 is 33.8 Å². The largest absolute Gasteiger partial charge is 0.478 e. The summed E-state index contributed by atoms with van der Waals surface area (Å²) in [5, 5.41) is 15.6. The van der Waals surface area contributed by atoms with Gasteiger partial charge in [-0.2, -0.15) is 5.26 Å². The highest BCUT2D eigenvalue weighted by atomic mass is 32.1. The number of hydrogen-bond acceptors (Lipinski definition) is 5. The molecular formula is C19H17N3O3S. The molecule has 0 bridgehead atoms. The van der Waals surface area contributed by atoms with Gasteiger partial charge in [-0.15, -0.1) is 11.3 Å². The molecule has 2 aromatic rings. The van der Waals surface area contributed by atoms with Gasteiger partial charge in [0.15, 0.2) is 6.10 Å². The Hall–Kier alpha value is -2.85. The summed E-state index contributed by atoms with van der Waals surface area (Å²) >= 11 is 1.47.